The molecular weight excluding hydrogens is 308 g/mol. The molecule has 4 rings (SSSR count). The van der Waals surface area contributed by atoms with Crippen LogP contribution in [0.1, 0.15) is 46.5 Å². The lowest BCUT2D eigenvalue weighted by molar-refractivity contribution is 0.0944. The van der Waals surface area contributed by atoms with Gasteiger partial charge in [-0.15, -0.1) is 0 Å². The Labute approximate surface area is 138 Å². The van der Waals surface area contributed by atoms with Crippen LogP contribution >= 0.6 is 0 Å². The number of benzene rings is 1. The average Bonchev–Trinajstić information content (AvgIpc) is 3.13. The first-order valence-corrected chi connectivity index (χ1v) is 7.82. The zero-order valence-electron chi connectivity index (χ0n) is 13.2. The maximum Gasteiger partial charge on any atom is 0.273 e. The van der Waals surface area contributed by atoms with Crippen molar-refractivity contribution in [1.29, 1.82) is 0 Å². The number of carbonyl (C=O) groups excluding carboxylic acids is 1. The van der Waals surface area contributed by atoms with Gasteiger partial charge in [0, 0.05) is 11.5 Å². The summed E-state index contributed by atoms with van der Waals surface area (Å²) in [5.74, 6) is 1.54. The van der Waals surface area contributed by atoms with Crippen molar-refractivity contribution in [3.05, 3.63) is 53.5 Å². The lowest BCUT2D eigenvalue weighted by Crippen LogP contribution is -2.23. The quantitative estimate of drug-likeness (QED) is 0.775. The number of hydrogen-bond acceptors (Lipinski definition) is 6. The molecule has 1 aliphatic carbocycles. The molecule has 0 aliphatic heterocycles. The second-order valence-corrected chi connectivity index (χ2v) is 5.91. The Morgan fingerprint density at radius 3 is 2.79 bits per heavy atom. The molecule has 3 aromatic rings. The fourth-order valence-corrected chi connectivity index (χ4v) is 2.30. The van der Waals surface area contributed by atoms with Gasteiger partial charge in [0.25, 0.3) is 11.8 Å². The topological polar surface area (TPSA) is 94.1 Å². The van der Waals surface area contributed by atoms with E-state index in [1.54, 1.807) is 0 Å². The number of hydrogen-bond donors (Lipinski definition) is 1. The molecular formula is C17H16N4O3. The van der Waals surface area contributed by atoms with Gasteiger partial charge in [-0.3, -0.25) is 4.79 Å². The van der Waals surface area contributed by atoms with E-state index in [1.807, 2.05) is 31.2 Å². The van der Waals surface area contributed by atoms with Crippen molar-refractivity contribution in [2.24, 2.45) is 0 Å². The molecule has 2 heterocycles. The monoisotopic (exact) mass is 324 g/mol. The Balaban J connectivity index is 1.38. The number of carbonyl (C=O) groups is 1. The minimum atomic E-state index is -0.313. The molecule has 0 spiro atoms. The van der Waals surface area contributed by atoms with Crippen LogP contribution in [0.5, 0.6) is 0 Å². The lowest BCUT2D eigenvalue weighted by atomic mass is 10.1. The van der Waals surface area contributed by atoms with Crippen molar-refractivity contribution in [3.8, 4) is 11.5 Å². The van der Waals surface area contributed by atoms with Crippen molar-refractivity contribution in [3.63, 3.8) is 0 Å². The van der Waals surface area contributed by atoms with Gasteiger partial charge in [-0.05, 0) is 31.9 Å². The maximum atomic E-state index is 12.1. The van der Waals surface area contributed by atoms with Gasteiger partial charge < -0.3 is 14.3 Å². The Morgan fingerprint density at radius 1 is 1.25 bits per heavy atom. The van der Waals surface area contributed by atoms with Gasteiger partial charge in [-0.25, -0.2) is 4.98 Å². The van der Waals surface area contributed by atoms with Gasteiger partial charge in [0.2, 0.25) is 0 Å². The Morgan fingerprint density at radius 2 is 2.04 bits per heavy atom. The fourth-order valence-electron chi connectivity index (χ4n) is 2.30. The predicted molar refractivity (Wildman–Crippen MR) is 84.1 cm³/mol. The van der Waals surface area contributed by atoms with Gasteiger partial charge in [0.15, 0.2) is 17.4 Å². The molecule has 24 heavy (non-hydrogen) atoms. The number of rotatable bonds is 5. The number of oxazole rings is 1. The second-order valence-electron chi connectivity index (χ2n) is 5.91. The van der Waals surface area contributed by atoms with Gasteiger partial charge in [0.1, 0.15) is 6.26 Å². The molecule has 7 nitrogen and oxygen atoms in total. The average molecular weight is 324 g/mol. The largest absolute Gasteiger partial charge is 0.448 e. The Hall–Kier alpha value is -2.96. The van der Waals surface area contributed by atoms with Gasteiger partial charge >= 0.3 is 0 Å². The summed E-state index contributed by atoms with van der Waals surface area (Å²) in [6, 6.07) is 7.78. The zero-order valence-corrected chi connectivity index (χ0v) is 13.2. The van der Waals surface area contributed by atoms with Crippen LogP contribution < -0.4 is 5.32 Å². The van der Waals surface area contributed by atoms with Gasteiger partial charge in [-0.1, -0.05) is 22.9 Å². The third-order valence-corrected chi connectivity index (χ3v) is 3.85. The summed E-state index contributed by atoms with van der Waals surface area (Å²) in [5, 5.41) is 6.59. The van der Waals surface area contributed by atoms with Crippen molar-refractivity contribution in [2.45, 2.75) is 32.2 Å². The van der Waals surface area contributed by atoms with E-state index >= 15 is 0 Å². The molecule has 1 N–H and O–H groups in total. The summed E-state index contributed by atoms with van der Waals surface area (Å²) in [7, 11) is 0. The fraction of sp³-hybridized carbons (Fsp3) is 0.294. The van der Waals surface area contributed by atoms with Crippen LogP contribution in [-0.4, -0.2) is 21.0 Å². The molecule has 1 amide bonds. The summed E-state index contributed by atoms with van der Waals surface area (Å²) < 4.78 is 10.5. The van der Waals surface area contributed by atoms with E-state index in [9.17, 15) is 4.79 Å². The second kappa shape index (κ2) is 5.92. The molecule has 2 aromatic heterocycles. The van der Waals surface area contributed by atoms with E-state index in [2.05, 4.69) is 20.4 Å². The summed E-state index contributed by atoms with van der Waals surface area (Å²) in [6.45, 7) is 2.18. The smallest absolute Gasteiger partial charge is 0.273 e. The highest BCUT2D eigenvalue weighted by Crippen LogP contribution is 2.39. The Kier molecular flexibility index (Phi) is 3.60. The van der Waals surface area contributed by atoms with E-state index in [1.165, 1.54) is 6.26 Å². The van der Waals surface area contributed by atoms with Crippen LogP contribution in [0.3, 0.4) is 0 Å². The summed E-state index contributed by atoms with van der Waals surface area (Å²) >= 11 is 0. The van der Waals surface area contributed by atoms with Crippen LogP contribution in [0.2, 0.25) is 0 Å². The zero-order chi connectivity index (χ0) is 16.5. The molecule has 1 aromatic carbocycles. The maximum absolute atomic E-state index is 12.1. The standard InChI is InChI=1S/C17H16N4O3/c1-10-2-4-12(5-3-10)17-20-14(21-24-17)8-18-15(22)13-9-23-16(19-13)11-6-7-11/h2-5,9,11H,6-8H2,1H3,(H,18,22). The van der Waals surface area contributed by atoms with Crippen LogP contribution in [0.25, 0.3) is 11.5 Å². The minimum Gasteiger partial charge on any atom is -0.448 e. The highest BCUT2D eigenvalue weighted by molar-refractivity contribution is 5.91. The number of nitrogens with zero attached hydrogens (tertiary/aromatic N) is 3. The molecule has 0 radical (unpaired) electrons. The number of aryl methyl sites for hydroxylation is 1. The first-order chi connectivity index (χ1) is 11.7. The molecule has 122 valence electrons. The van der Waals surface area contributed by atoms with Crippen LogP contribution in [0.4, 0.5) is 0 Å². The molecule has 1 saturated carbocycles. The summed E-state index contributed by atoms with van der Waals surface area (Å²) in [6.07, 6.45) is 3.54. The van der Waals surface area contributed by atoms with Crippen molar-refractivity contribution in [2.75, 3.05) is 0 Å². The SMILES string of the molecule is Cc1ccc(-c2nc(CNC(=O)c3coc(C4CC4)n3)no2)cc1. The van der Waals surface area contributed by atoms with Crippen molar-refractivity contribution >= 4 is 5.91 Å². The third kappa shape index (κ3) is 3.05. The molecule has 1 aliphatic rings. The predicted octanol–water partition coefficient (Wildman–Crippen LogP) is 2.84. The van der Waals surface area contributed by atoms with Gasteiger partial charge in [-0.2, -0.15) is 4.98 Å². The first-order valence-electron chi connectivity index (χ1n) is 7.82. The molecule has 0 saturated heterocycles. The molecule has 7 heteroatoms. The first kappa shape index (κ1) is 14.6. The van der Waals surface area contributed by atoms with Gasteiger partial charge in [0.05, 0.1) is 6.54 Å². The number of aromatic nitrogens is 3. The van der Waals surface area contributed by atoms with E-state index < -0.39 is 0 Å². The molecule has 0 atom stereocenters. The molecule has 0 unspecified atom stereocenters. The van der Waals surface area contributed by atoms with E-state index in [4.69, 9.17) is 8.94 Å². The minimum absolute atomic E-state index is 0.166. The number of nitrogens with one attached hydrogen (secondary N) is 1. The molecule has 0 bridgehead atoms. The van der Waals surface area contributed by atoms with E-state index in [-0.39, 0.29) is 18.1 Å². The lowest BCUT2D eigenvalue weighted by Gasteiger charge is -1.97. The van der Waals surface area contributed by atoms with Crippen LogP contribution in [0, 0.1) is 6.92 Å². The van der Waals surface area contributed by atoms with E-state index in [0.29, 0.717) is 23.5 Å². The van der Waals surface area contributed by atoms with Crippen molar-refractivity contribution in [1.82, 2.24) is 20.4 Å². The van der Waals surface area contributed by atoms with Crippen LogP contribution in [0.15, 0.2) is 39.5 Å². The molecule has 1 fully saturated rings. The number of amides is 1. The third-order valence-electron chi connectivity index (χ3n) is 3.85. The normalized spacial score (nSPS) is 13.9. The summed E-state index contributed by atoms with van der Waals surface area (Å²) in [4.78, 5) is 20.6. The highest BCUT2D eigenvalue weighted by atomic mass is 16.5. The van der Waals surface area contributed by atoms with Crippen molar-refractivity contribution < 1.29 is 13.7 Å². The van der Waals surface area contributed by atoms with E-state index in [0.717, 1.165) is 24.0 Å². The highest BCUT2D eigenvalue weighted by Gasteiger charge is 2.29. The van der Waals surface area contributed by atoms with Crippen LogP contribution in [-0.2, 0) is 6.54 Å². The summed E-state index contributed by atoms with van der Waals surface area (Å²) in [5.41, 5.74) is 2.28. The Bertz CT molecular complexity index is 862.